The number of ether oxygens (including phenoxy) is 2. The summed E-state index contributed by atoms with van der Waals surface area (Å²) in [7, 11) is 0. The van der Waals surface area contributed by atoms with Crippen LogP contribution in [-0.4, -0.2) is 19.2 Å². The van der Waals surface area contributed by atoms with Gasteiger partial charge in [-0.25, -0.2) is 4.79 Å². The zero-order valence-corrected chi connectivity index (χ0v) is 9.02. The number of nitrogens with one attached hydrogen (secondary N) is 1. The van der Waals surface area contributed by atoms with Crippen LogP contribution in [-0.2, 0) is 4.74 Å². The van der Waals surface area contributed by atoms with Gasteiger partial charge in [-0.05, 0) is 18.6 Å². The van der Waals surface area contributed by atoms with Crippen LogP contribution >= 0.6 is 0 Å². The van der Waals surface area contributed by atoms with Gasteiger partial charge in [-0.15, -0.1) is 0 Å². The molecular weight excluding hydrogens is 206 g/mol. The van der Waals surface area contributed by atoms with E-state index in [1.54, 1.807) is 24.3 Å². The van der Waals surface area contributed by atoms with E-state index in [1.807, 2.05) is 6.07 Å². The predicted octanol–water partition coefficient (Wildman–Crippen LogP) is 2.33. The molecule has 1 aromatic carbocycles. The molecule has 0 aromatic heterocycles. The predicted molar refractivity (Wildman–Crippen MR) is 61.2 cm³/mol. The number of para-hydroxylation sites is 1. The minimum absolute atomic E-state index is 0.454. The van der Waals surface area contributed by atoms with Crippen LogP contribution in [0.1, 0.15) is 6.42 Å². The zero-order chi connectivity index (χ0) is 11.6. The van der Waals surface area contributed by atoms with Crippen LogP contribution in [0.5, 0.6) is 5.75 Å². The maximum Gasteiger partial charge on any atom is 0.412 e. The van der Waals surface area contributed by atoms with E-state index in [0.717, 1.165) is 6.42 Å². The molecule has 0 saturated carbocycles. The first kappa shape index (κ1) is 12.1. The van der Waals surface area contributed by atoms with Gasteiger partial charge in [0.15, 0.2) is 0 Å². The van der Waals surface area contributed by atoms with Crippen LogP contribution in [0, 0.1) is 0 Å². The quantitative estimate of drug-likeness (QED) is 0.592. The van der Waals surface area contributed by atoms with E-state index in [2.05, 4.69) is 11.9 Å². The summed E-state index contributed by atoms with van der Waals surface area (Å²) in [6.07, 6.45) is 1.64. The first-order chi connectivity index (χ1) is 7.83. The van der Waals surface area contributed by atoms with Gasteiger partial charge in [-0.3, -0.25) is 0 Å². The molecule has 4 heteroatoms. The Morgan fingerprint density at radius 1 is 1.38 bits per heavy atom. The number of carbonyl (C=O) groups excluding carboxylic acids is 1. The van der Waals surface area contributed by atoms with E-state index in [4.69, 9.17) is 9.47 Å². The first-order valence-electron chi connectivity index (χ1n) is 5.06. The second kappa shape index (κ2) is 7.34. The topological polar surface area (TPSA) is 47.6 Å². The molecule has 1 rings (SSSR count). The lowest BCUT2D eigenvalue weighted by atomic mass is 10.3. The zero-order valence-electron chi connectivity index (χ0n) is 9.02. The maximum absolute atomic E-state index is 11.3. The molecule has 0 unspecified atom stereocenters. The molecule has 0 spiro atoms. The van der Waals surface area contributed by atoms with Crippen molar-refractivity contribution >= 4 is 6.09 Å². The molecule has 0 saturated heterocycles. The Hall–Kier alpha value is -1.97. The number of rotatable bonds is 6. The molecule has 0 heterocycles. The highest BCUT2D eigenvalue weighted by Crippen LogP contribution is 2.07. The third-order valence-electron chi connectivity index (χ3n) is 1.78. The van der Waals surface area contributed by atoms with Crippen molar-refractivity contribution in [3.05, 3.63) is 43.2 Å². The molecule has 0 radical (unpaired) electrons. The monoisotopic (exact) mass is 221 g/mol. The third-order valence-corrected chi connectivity index (χ3v) is 1.78. The molecule has 0 aliphatic rings. The van der Waals surface area contributed by atoms with E-state index in [1.165, 1.54) is 6.26 Å². The molecule has 0 bridgehead atoms. The van der Waals surface area contributed by atoms with Gasteiger partial charge >= 0.3 is 6.09 Å². The molecule has 1 amide bonds. The lowest BCUT2D eigenvalue weighted by Crippen LogP contribution is -2.28. The van der Waals surface area contributed by atoms with Gasteiger partial charge in [0.25, 0.3) is 0 Å². The highest BCUT2D eigenvalue weighted by Gasteiger charge is 2.01. The van der Waals surface area contributed by atoms with Gasteiger partial charge in [0.05, 0.1) is 12.9 Å². The molecule has 4 nitrogen and oxygen atoms in total. The standard InChI is InChI=1S/C12H15NO3/c1-2-15-10-6-9-13-12(14)16-11-7-4-3-5-8-11/h2-5,7-8H,1,6,9-10H2,(H,13,14). The summed E-state index contributed by atoms with van der Waals surface area (Å²) in [6, 6.07) is 8.92. The highest BCUT2D eigenvalue weighted by molar-refractivity contribution is 5.70. The number of benzene rings is 1. The lowest BCUT2D eigenvalue weighted by Gasteiger charge is -2.06. The Balaban J connectivity index is 2.14. The van der Waals surface area contributed by atoms with Crippen LogP contribution < -0.4 is 10.1 Å². The fraction of sp³-hybridized carbons (Fsp3) is 0.250. The van der Waals surface area contributed by atoms with Gasteiger partial charge in [0, 0.05) is 6.54 Å². The SMILES string of the molecule is C=COCCCNC(=O)Oc1ccccc1. The van der Waals surface area contributed by atoms with Crippen molar-refractivity contribution < 1.29 is 14.3 Å². The van der Waals surface area contributed by atoms with Gasteiger partial charge in [-0.1, -0.05) is 24.8 Å². The van der Waals surface area contributed by atoms with Crippen LogP contribution in [0.2, 0.25) is 0 Å². The minimum atomic E-state index is -0.454. The molecule has 1 N–H and O–H groups in total. The van der Waals surface area contributed by atoms with E-state index in [9.17, 15) is 4.79 Å². The third kappa shape index (κ3) is 5.05. The van der Waals surface area contributed by atoms with Crippen molar-refractivity contribution in [1.29, 1.82) is 0 Å². The van der Waals surface area contributed by atoms with Crippen LogP contribution in [0.15, 0.2) is 43.2 Å². The number of hydrogen-bond donors (Lipinski definition) is 1. The summed E-state index contributed by atoms with van der Waals surface area (Å²) in [5.41, 5.74) is 0. The fourth-order valence-corrected chi connectivity index (χ4v) is 1.06. The van der Waals surface area contributed by atoms with E-state index >= 15 is 0 Å². The second-order valence-electron chi connectivity index (χ2n) is 3.02. The molecule has 0 fully saturated rings. The lowest BCUT2D eigenvalue weighted by molar-refractivity contribution is 0.197. The molecular formula is C12H15NO3. The summed E-state index contributed by atoms with van der Waals surface area (Å²) in [4.78, 5) is 11.3. The number of hydrogen-bond acceptors (Lipinski definition) is 3. The van der Waals surface area contributed by atoms with Gasteiger partial charge in [-0.2, -0.15) is 0 Å². The average molecular weight is 221 g/mol. The molecule has 0 atom stereocenters. The smallest absolute Gasteiger partial charge is 0.412 e. The number of amides is 1. The first-order valence-corrected chi connectivity index (χ1v) is 5.06. The molecule has 0 aliphatic heterocycles. The summed E-state index contributed by atoms with van der Waals surface area (Å²) in [5.74, 6) is 0.530. The molecule has 86 valence electrons. The Morgan fingerprint density at radius 3 is 2.81 bits per heavy atom. The second-order valence-corrected chi connectivity index (χ2v) is 3.02. The van der Waals surface area contributed by atoms with E-state index < -0.39 is 6.09 Å². The summed E-state index contributed by atoms with van der Waals surface area (Å²) < 4.78 is 9.92. The highest BCUT2D eigenvalue weighted by atomic mass is 16.6. The van der Waals surface area contributed by atoms with Crippen molar-refractivity contribution in [2.45, 2.75) is 6.42 Å². The molecule has 0 aliphatic carbocycles. The van der Waals surface area contributed by atoms with E-state index in [-0.39, 0.29) is 0 Å². The van der Waals surface area contributed by atoms with Gasteiger partial charge in [0.2, 0.25) is 0 Å². The van der Waals surface area contributed by atoms with Crippen molar-refractivity contribution in [2.24, 2.45) is 0 Å². The van der Waals surface area contributed by atoms with Crippen molar-refractivity contribution in [1.82, 2.24) is 5.32 Å². The van der Waals surface area contributed by atoms with Crippen LogP contribution in [0.25, 0.3) is 0 Å². The molecule has 16 heavy (non-hydrogen) atoms. The summed E-state index contributed by atoms with van der Waals surface area (Å²) >= 11 is 0. The van der Waals surface area contributed by atoms with Gasteiger partial charge < -0.3 is 14.8 Å². The maximum atomic E-state index is 11.3. The Kier molecular flexibility index (Phi) is 5.55. The van der Waals surface area contributed by atoms with Crippen LogP contribution in [0.4, 0.5) is 4.79 Å². The van der Waals surface area contributed by atoms with Crippen molar-refractivity contribution in [3.63, 3.8) is 0 Å². The largest absolute Gasteiger partial charge is 0.502 e. The average Bonchev–Trinajstić information content (AvgIpc) is 2.30. The van der Waals surface area contributed by atoms with Crippen molar-refractivity contribution in [3.8, 4) is 5.75 Å². The Bertz CT molecular complexity index is 324. The summed E-state index contributed by atoms with van der Waals surface area (Å²) in [6.45, 7) is 4.47. The summed E-state index contributed by atoms with van der Waals surface area (Å²) in [5, 5.41) is 2.61. The van der Waals surface area contributed by atoms with Crippen LogP contribution in [0.3, 0.4) is 0 Å². The normalized spacial score (nSPS) is 9.25. The van der Waals surface area contributed by atoms with Gasteiger partial charge in [0.1, 0.15) is 5.75 Å². The minimum Gasteiger partial charge on any atom is -0.502 e. The fourth-order valence-electron chi connectivity index (χ4n) is 1.06. The Morgan fingerprint density at radius 2 is 2.12 bits per heavy atom. The van der Waals surface area contributed by atoms with E-state index in [0.29, 0.717) is 18.9 Å². The van der Waals surface area contributed by atoms with Crippen molar-refractivity contribution in [2.75, 3.05) is 13.2 Å². The number of carbonyl (C=O) groups is 1. The molecule has 1 aromatic rings. The Labute approximate surface area is 94.9 Å².